The minimum absolute atomic E-state index is 0.0255. The predicted octanol–water partition coefficient (Wildman–Crippen LogP) is 3.21. The summed E-state index contributed by atoms with van der Waals surface area (Å²) in [6, 6.07) is 18.1. The SMILES string of the molecule is Cc1cc(COc2ccc3c(c2)C(=O)N(C[C@@]2(c4cccnc4)NC(=O)NC2=O)C3)c2ccccc2n1. The molecule has 2 aliphatic heterocycles. The van der Waals surface area contributed by atoms with Gasteiger partial charge in [0, 0.05) is 46.7 Å². The van der Waals surface area contributed by atoms with Crippen molar-refractivity contribution in [1.29, 1.82) is 0 Å². The molecular weight excluding hydrogens is 470 g/mol. The number of nitrogens with zero attached hydrogens (tertiary/aromatic N) is 3. The number of para-hydroxylation sites is 1. The van der Waals surface area contributed by atoms with E-state index < -0.39 is 17.5 Å². The number of amides is 4. The van der Waals surface area contributed by atoms with E-state index in [0.717, 1.165) is 27.7 Å². The molecule has 37 heavy (non-hydrogen) atoms. The molecule has 9 nitrogen and oxygen atoms in total. The average Bonchev–Trinajstić information content (AvgIpc) is 3.37. The first-order valence-electron chi connectivity index (χ1n) is 11.9. The third kappa shape index (κ3) is 3.94. The number of fused-ring (bicyclic) bond motifs is 2. The summed E-state index contributed by atoms with van der Waals surface area (Å²) in [4.78, 5) is 48.6. The first-order chi connectivity index (χ1) is 17.9. The van der Waals surface area contributed by atoms with Crippen LogP contribution in [0.25, 0.3) is 10.9 Å². The van der Waals surface area contributed by atoms with Crippen LogP contribution in [0.4, 0.5) is 4.79 Å². The van der Waals surface area contributed by atoms with Crippen LogP contribution in [0.15, 0.2) is 73.1 Å². The second-order valence-corrected chi connectivity index (χ2v) is 9.26. The number of hydrogen-bond donors (Lipinski definition) is 2. The van der Waals surface area contributed by atoms with E-state index in [-0.39, 0.29) is 12.5 Å². The van der Waals surface area contributed by atoms with E-state index in [1.54, 1.807) is 29.3 Å². The van der Waals surface area contributed by atoms with Crippen LogP contribution in [0, 0.1) is 6.92 Å². The van der Waals surface area contributed by atoms with Gasteiger partial charge in [0.25, 0.3) is 11.8 Å². The van der Waals surface area contributed by atoms with Gasteiger partial charge in [-0.2, -0.15) is 0 Å². The van der Waals surface area contributed by atoms with Gasteiger partial charge in [-0.3, -0.25) is 24.9 Å². The van der Waals surface area contributed by atoms with Crippen LogP contribution >= 0.6 is 0 Å². The molecule has 0 spiro atoms. The highest BCUT2D eigenvalue weighted by Crippen LogP contribution is 2.32. The lowest BCUT2D eigenvalue weighted by molar-refractivity contribution is -0.124. The molecule has 0 unspecified atom stereocenters. The summed E-state index contributed by atoms with van der Waals surface area (Å²) in [7, 11) is 0. The molecule has 0 bridgehead atoms. The lowest BCUT2D eigenvalue weighted by atomic mass is 9.90. The summed E-state index contributed by atoms with van der Waals surface area (Å²) >= 11 is 0. The van der Waals surface area contributed by atoms with E-state index in [2.05, 4.69) is 20.6 Å². The summed E-state index contributed by atoms with van der Waals surface area (Å²) in [6.07, 6.45) is 3.11. The molecule has 9 heteroatoms. The zero-order valence-corrected chi connectivity index (χ0v) is 20.0. The van der Waals surface area contributed by atoms with Gasteiger partial charge in [0.15, 0.2) is 5.54 Å². The Hall–Kier alpha value is -4.79. The second kappa shape index (κ2) is 8.70. The van der Waals surface area contributed by atoms with Crippen LogP contribution in [0.3, 0.4) is 0 Å². The molecular formula is C28H23N5O4. The van der Waals surface area contributed by atoms with Crippen molar-refractivity contribution in [2.75, 3.05) is 6.54 Å². The van der Waals surface area contributed by atoms with Crippen molar-refractivity contribution in [3.63, 3.8) is 0 Å². The molecule has 2 aromatic carbocycles. The normalized spacial score (nSPS) is 18.6. The number of nitrogens with one attached hydrogen (secondary N) is 2. The molecule has 4 aromatic rings. The lowest BCUT2D eigenvalue weighted by Crippen LogP contribution is -2.52. The first-order valence-corrected chi connectivity index (χ1v) is 11.9. The number of pyridine rings is 2. The Balaban J connectivity index is 1.23. The molecule has 1 fully saturated rings. The number of aromatic nitrogens is 2. The van der Waals surface area contributed by atoms with Gasteiger partial charge in [-0.1, -0.05) is 30.3 Å². The highest BCUT2D eigenvalue weighted by atomic mass is 16.5. The van der Waals surface area contributed by atoms with E-state index in [9.17, 15) is 14.4 Å². The van der Waals surface area contributed by atoms with Crippen molar-refractivity contribution in [1.82, 2.24) is 25.5 Å². The van der Waals surface area contributed by atoms with Crippen LogP contribution in [0.2, 0.25) is 0 Å². The molecule has 4 heterocycles. The molecule has 0 aliphatic carbocycles. The average molecular weight is 494 g/mol. The van der Waals surface area contributed by atoms with E-state index in [1.165, 1.54) is 6.20 Å². The van der Waals surface area contributed by atoms with E-state index >= 15 is 0 Å². The molecule has 2 aliphatic rings. The highest BCUT2D eigenvalue weighted by molar-refractivity contribution is 6.08. The molecule has 0 radical (unpaired) electrons. The van der Waals surface area contributed by atoms with Crippen molar-refractivity contribution in [2.45, 2.75) is 25.6 Å². The Kier molecular flexibility index (Phi) is 5.33. The molecule has 1 atom stereocenters. The van der Waals surface area contributed by atoms with Crippen molar-refractivity contribution in [3.05, 3.63) is 101 Å². The van der Waals surface area contributed by atoms with Crippen LogP contribution in [0.5, 0.6) is 5.75 Å². The minimum Gasteiger partial charge on any atom is -0.489 e. The highest BCUT2D eigenvalue weighted by Gasteiger charge is 2.50. The fourth-order valence-corrected chi connectivity index (χ4v) is 5.03. The van der Waals surface area contributed by atoms with Gasteiger partial charge < -0.3 is 15.0 Å². The summed E-state index contributed by atoms with van der Waals surface area (Å²) < 4.78 is 6.09. The Bertz CT molecular complexity index is 1570. The van der Waals surface area contributed by atoms with Gasteiger partial charge in [0.1, 0.15) is 12.4 Å². The Labute approximate surface area is 212 Å². The van der Waals surface area contributed by atoms with Crippen molar-refractivity contribution in [3.8, 4) is 5.75 Å². The Morgan fingerprint density at radius 2 is 1.92 bits per heavy atom. The second-order valence-electron chi connectivity index (χ2n) is 9.26. The van der Waals surface area contributed by atoms with Crippen molar-refractivity contribution < 1.29 is 19.1 Å². The first kappa shape index (κ1) is 22.7. The smallest absolute Gasteiger partial charge is 0.322 e. The number of carbonyl (C=O) groups excluding carboxylic acids is 3. The topological polar surface area (TPSA) is 114 Å². The largest absolute Gasteiger partial charge is 0.489 e. The fraction of sp³-hybridized carbons (Fsp3) is 0.179. The van der Waals surface area contributed by atoms with Crippen LogP contribution in [0.1, 0.15) is 32.7 Å². The van der Waals surface area contributed by atoms with Gasteiger partial charge >= 0.3 is 6.03 Å². The summed E-state index contributed by atoms with van der Waals surface area (Å²) in [5.41, 5.74) is 3.26. The van der Waals surface area contributed by atoms with Crippen LogP contribution < -0.4 is 15.4 Å². The summed E-state index contributed by atoms with van der Waals surface area (Å²) in [5, 5.41) is 6.03. The molecule has 1 saturated heterocycles. The molecule has 0 saturated carbocycles. The Morgan fingerprint density at radius 1 is 1.05 bits per heavy atom. The minimum atomic E-state index is -1.41. The van der Waals surface area contributed by atoms with Gasteiger partial charge in [-0.05, 0) is 42.8 Å². The Morgan fingerprint density at radius 3 is 2.70 bits per heavy atom. The number of carbonyl (C=O) groups is 3. The number of aryl methyl sites for hydroxylation is 1. The maximum absolute atomic E-state index is 13.4. The molecule has 6 rings (SSSR count). The zero-order valence-electron chi connectivity index (χ0n) is 20.0. The molecule has 2 N–H and O–H groups in total. The van der Waals surface area contributed by atoms with Crippen LogP contribution in [-0.4, -0.2) is 39.3 Å². The van der Waals surface area contributed by atoms with E-state index in [1.807, 2.05) is 49.4 Å². The number of imide groups is 1. The fourth-order valence-electron chi connectivity index (χ4n) is 5.03. The molecule has 184 valence electrons. The quantitative estimate of drug-likeness (QED) is 0.399. The number of urea groups is 1. The maximum Gasteiger partial charge on any atom is 0.322 e. The monoisotopic (exact) mass is 493 g/mol. The molecule has 4 amide bonds. The number of benzene rings is 2. The third-order valence-electron chi connectivity index (χ3n) is 6.81. The van der Waals surface area contributed by atoms with Gasteiger partial charge in [-0.15, -0.1) is 0 Å². The lowest BCUT2D eigenvalue weighted by Gasteiger charge is -2.30. The number of rotatable bonds is 6. The van der Waals surface area contributed by atoms with Crippen molar-refractivity contribution in [2.24, 2.45) is 0 Å². The van der Waals surface area contributed by atoms with Gasteiger partial charge in [-0.25, -0.2) is 4.79 Å². The van der Waals surface area contributed by atoms with Gasteiger partial charge in [0.2, 0.25) is 0 Å². The van der Waals surface area contributed by atoms with E-state index in [0.29, 0.717) is 30.0 Å². The van der Waals surface area contributed by atoms with Crippen LogP contribution in [-0.2, 0) is 23.5 Å². The predicted molar refractivity (Wildman–Crippen MR) is 135 cm³/mol. The zero-order chi connectivity index (χ0) is 25.6. The standard InChI is InChI=1S/C28H23N5O4/c1-17-11-19(22-6-2-3-7-24(22)30-17)15-37-21-9-8-18-14-33(25(34)23(18)12-21)16-28(20-5-4-10-29-13-20)26(35)31-27(36)32-28/h2-13H,14-16H2,1H3,(H2,31,32,35,36)/t28-/m0/s1. The number of hydrogen-bond acceptors (Lipinski definition) is 6. The number of ether oxygens (including phenoxy) is 1. The molecule has 2 aromatic heterocycles. The van der Waals surface area contributed by atoms with E-state index in [4.69, 9.17) is 4.74 Å². The maximum atomic E-state index is 13.4. The van der Waals surface area contributed by atoms with Gasteiger partial charge in [0.05, 0.1) is 12.1 Å². The summed E-state index contributed by atoms with van der Waals surface area (Å²) in [6.45, 7) is 2.57. The van der Waals surface area contributed by atoms with Crippen molar-refractivity contribution >= 4 is 28.7 Å². The summed E-state index contributed by atoms with van der Waals surface area (Å²) in [5.74, 6) is -0.178. The third-order valence-corrected chi connectivity index (χ3v) is 6.81.